The molecule has 0 spiro atoms. The molecule has 1 amide bonds. The van der Waals surface area contributed by atoms with Gasteiger partial charge in [-0.15, -0.1) is 0 Å². The molecule has 0 unspecified atom stereocenters. The molecule has 1 aromatic heterocycles. The molecule has 0 aliphatic carbocycles. The first-order valence-electron chi connectivity index (χ1n) is 7.73. The Hall–Kier alpha value is -2.43. The number of hydrogen-bond donors (Lipinski definition) is 0. The van der Waals surface area contributed by atoms with Crippen molar-refractivity contribution in [1.82, 2.24) is 9.97 Å². The minimum atomic E-state index is -0.117. The van der Waals surface area contributed by atoms with E-state index < -0.39 is 0 Å². The lowest BCUT2D eigenvalue weighted by molar-refractivity contribution is 0.0983. The van der Waals surface area contributed by atoms with E-state index in [0.29, 0.717) is 12.2 Å². The molecule has 1 aliphatic rings. The fraction of sp³-hybridized carbons (Fsp3) is 0.353. The second-order valence-corrected chi connectivity index (χ2v) is 5.34. The zero-order chi connectivity index (χ0) is 15.4. The first-order valence-corrected chi connectivity index (χ1v) is 7.73. The lowest BCUT2D eigenvalue weighted by Gasteiger charge is -2.21. The average molecular weight is 296 g/mol. The van der Waals surface area contributed by atoms with Crippen LogP contribution < -0.4 is 9.80 Å². The third-order valence-electron chi connectivity index (χ3n) is 3.92. The van der Waals surface area contributed by atoms with Crippen molar-refractivity contribution in [2.45, 2.75) is 19.8 Å². The number of benzene rings is 1. The van der Waals surface area contributed by atoms with Crippen LogP contribution in [-0.2, 0) is 0 Å². The Bertz CT molecular complexity index is 621. The predicted molar refractivity (Wildman–Crippen MR) is 87.3 cm³/mol. The van der Waals surface area contributed by atoms with Gasteiger partial charge in [0.25, 0.3) is 5.91 Å². The summed E-state index contributed by atoms with van der Waals surface area (Å²) in [4.78, 5) is 25.3. The fourth-order valence-electron chi connectivity index (χ4n) is 2.73. The van der Waals surface area contributed by atoms with E-state index in [0.717, 1.165) is 24.6 Å². The Morgan fingerprint density at radius 1 is 1.14 bits per heavy atom. The third-order valence-corrected chi connectivity index (χ3v) is 3.92. The number of amides is 1. The summed E-state index contributed by atoms with van der Waals surface area (Å²) in [7, 11) is 0. The largest absolute Gasteiger partial charge is 0.355 e. The number of carbonyl (C=O) groups is 1. The second-order valence-electron chi connectivity index (χ2n) is 5.34. The van der Waals surface area contributed by atoms with E-state index in [2.05, 4.69) is 14.9 Å². The summed E-state index contributed by atoms with van der Waals surface area (Å²) in [6, 6.07) is 9.63. The van der Waals surface area contributed by atoms with E-state index in [9.17, 15) is 4.79 Å². The van der Waals surface area contributed by atoms with Gasteiger partial charge in [0, 0.05) is 25.3 Å². The molecular weight excluding hydrogens is 276 g/mol. The van der Waals surface area contributed by atoms with Gasteiger partial charge in [-0.1, -0.05) is 18.2 Å². The Balaban J connectivity index is 1.79. The summed E-state index contributed by atoms with van der Waals surface area (Å²) in [5.74, 6) is 0.742. The van der Waals surface area contributed by atoms with E-state index in [1.165, 1.54) is 12.8 Å². The minimum Gasteiger partial charge on any atom is -0.355 e. The average Bonchev–Trinajstić information content (AvgIpc) is 3.11. The number of hydrogen-bond acceptors (Lipinski definition) is 4. The number of nitrogens with zero attached hydrogens (tertiary/aromatic N) is 4. The van der Waals surface area contributed by atoms with Crippen LogP contribution in [0.25, 0.3) is 0 Å². The van der Waals surface area contributed by atoms with Gasteiger partial charge in [-0.3, -0.25) is 4.79 Å². The number of rotatable bonds is 4. The lowest BCUT2D eigenvalue weighted by atomic mass is 10.2. The van der Waals surface area contributed by atoms with Crippen molar-refractivity contribution < 1.29 is 4.79 Å². The zero-order valence-electron chi connectivity index (χ0n) is 12.8. The summed E-state index contributed by atoms with van der Waals surface area (Å²) in [5, 5.41) is 0. The number of anilines is 2. The van der Waals surface area contributed by atoms with Crippen molar-refractivity contribution in [2.75, 3.05) is 29.4 Å². The van der Waals surface area contributed by atoms with Gasteiger partial charge in [0.1, 0.15) is 11.5 Å². The van der Waals surface area contributed by atoms with Crippen molar-refractivity contribution in [3.63, 3.8) is 0 Å². The van der Waals surface area contributed by atoms with E-state index in [-0.39, 0.29) is 5.91 Å². The maximum Gasteiger partial charge on any atom is 0.278 e. The Labute approximate surface area is 130 Å². The van der Waals surface area contributed by atoms with Crippen LogP contribution in [0.4, 0.5) is 11.5 Å². The molecule has 1 aliphatic heterocycles. The molecule has 0 atom stereocenters. The highest BCUT2D eigenvalue weighted by molar-refractivity contribution is 6.04. The van der Waals surface area contributed by atoms with E-state index in [4.69, 9.17) is 0 Å². The monoisotopic (exact) mass is 296 g/mol. The Kier molecular flexibility index (Phi) is 4.32. The quantitative estimate of drug-likeness (QED) is 0.870. The van der Waals surface area contributed by atoms with Crippen LogP contribution in [0.5, 0.6) is 0 Å². The molecule has 0 bridgehead atoms. The molecule has 114 valence electrons. The Morgan fingerprint density at radius 2 is 1.86 bits per heavy atom. The van der Waals surface area contributed by atoms with Gasteiger partial charge >= 0.3 is 0 Å². The molecule has 22 heavy (non-hydrogen) atoms. The number of para-hydroxylation sites is 1. The standard InChI is InChI=1S/C17H20N4O/c1-2-21(14-8-4-3-5-9-14)17(22)15-12-19-16(13-18-15)20-10-6-7-11-20/h3-5,8-9,12-13H,2,6-7,10-11H2,1H3. The fourth-order valence-corrected chi connectivity index (χ4v) is 2.73. The maximum absolute atomic E-state index is 12.6. The summed E-state index contributed by atoms with van der Waals surface area (Å²) in [6.07, 6.45) is 5.68. The van der Waals surface area contributed by atoms with Crippen LogP contribution in [0.15, 0.2) is 42.7 Å². The molecule has 5 nitrogen and oxygen atoms in total. The van der Waals surface area contributed by atoms with Crippen molar-refractivity contribution in [2.24, 2.45) is 0 Å². The van der Waals surface area contributed by atoms with Gasteiger partial charge in [-0.25, -0.2) is 9.97 Å². The molecule has 0 saturated carbocycles. The van der Waals surface area contributed by atoms with Crippen LogP contribution in [0.1, 0.15) is 30.3 Å². The highest BCUT2D eigenvalue weighted by Crippen LogP contribution is 2.18. The topological polar surface area (TPSA) is 49.3 Å². The molecule has 2 heterocycles. The molecule has 5 heteroatoms. The number of carbonyl (C=O) groups excluding carboxylic acids is 1. The van der Waals surface area contributed by atoms with Gasteiger partial charge in [-0.2, -0.15) is 0 Å². The van der Waals surface area contributed by atoms with Gasteiger partial charge < -0.3 is 9.80 Å². The van der Waals surface area contributed by atoms with E-state index in [1.807, 2.05) is 37.3 Å². The van der Waals surface area contributed by atoms with Crippen molar-refractivity contribution in [3.8, 4) is 0 Å². The highest BCUT2D eigenvalue weighted by Gasteiger charge is 2.19. The summed E-state index contributed by atoms with van der Waals surface area (Å²) in [6.45, 7) is 4.59. The normalized spacial score (nSPS) is 14.1. The van der Waals surface area contributed by atoms with Gasteiger partial charge in [-0.05, 0) is 31.9 Å². The van der Waals surface area contributed by atoms with Crippen molar-refractivity contribution in [1.29, 1.82) is 0 Å². The van der Waals surface area contributed by atoms with Gasteiger partial charge in [0.15, 0.2) is 0 Å². The van der Waals surface area contributed by atoms with Crippen molar-refractivity contribution in [3.05, 3.63) is 48.4 Å². The first kappa shape index (κ1) is 14.5. The van der Waals surface area contributed by atoms with E-state index in [1.54, 1.807) is 17.3 Å². The molecule has 3 rings (SSSR count). The molecule has 1 saturated heterocycles. The predicted octanol–water partition coefficient (Wildman–Crippen LogP) is 2.74. The highest BCUT2D eigenvalue weighted by atomic mass is 16.2. The van der Waals surface area contributed by atoms with Gasteiger partial charge in [0.05, 0.1) is 12.4 Å². The third kappa shape index (κ3) is 2.93. The first-order chi connectivity index (χ1) is 10.8. The summed E-state index contributed by atoms with van der Waals surface area (Å²) >= 11 is 0. The van der Waals surface area contributed by atoms with Crippen molar-refractivity contribution >= 4 is 17.4 Å². The van der Waals surface area contributed by atoms with Gasteiger partial charge in [0.2, 0.25) is 0 Å². The van der Waals surface area contributed by atoms with E-state index >= 15 is 0 Å². The van der Waals surface area contributed by atoms with Crippen LogP contribution in [0, 0.1) is 0 Å². The molecule has 0 radical (unpaired) electrons. The molecular formula is C17H20N4O. The minimum absolute atomic E-state index is 0.117. The second kappa shape index (κ2) is 6.56. The van der Waals surface area contributed by atoms with Crippen LogP contribution >= 0.6 is 0 Å². The Morgan fingerprint density at radius 3 is 2.45 bits per heavy atom. The SMILES string of the molecule is CCN(C(=O)c1cnc(N2CCCC2)cn1)c1ccccc1. The molecule has 1 fully saturated rings. The number of aromatic nitrogens is 2. The molecule has 2 aromatic rings. The smallest absolute Gasteiger partial charge is 0.278 e. The molecule has 0 N–H and O–H groups in total. The van der Waals surface area contributed by atoms with Crippen LogP contribution in [-0.4, -0.2) is 35.5 Å². The maximum atomic E-state index is 12.6. The molecule has 1 aromatic carbocycles. The summed E-state index contributed by atoms with van der Waals surface area (Å²) in [5.41, 5.74) is 1.26. The zero-order valence-corrected chi connectivity index (χ0v) is 12.8. The summed E-state index contributed by atoms with van der Waals surface area (Å²) < 4.78 is 0. The lowest BCUT2D eigenvalue weighted by Crippen LogP contribution is -2.31. The van der Waals surface area contributed by atoms with Crippen LogP contribution in [0.2, 0.25) is 0 Å². The van der Waals surface area contributed by atoms with Crippen LogP contribution in [0.3, 0.4) is 0 Å².